The van der Waals surface area contributed by atoms with Crippen LogP contribution in [0.25, 0.3) is 15.9 Å². The van der Waals surface area contributed by atoms with E-state index in [1.54, 1.807) is 29.1 Å². The summed E-state index contributed by atoms with van der Waals surface area (Å²) in [7, 11) is 1.63. The van der Waals surface area contributed by atoms with Gasteiger partial charge in [0.2, 0.25) is 0 Å². The quantitative estimate of drug-likeness (QED) is 0.208. The number of methoxy groups -OCH3 is 1. The van der Waals surface area contributed by atoms with Crippen molar-refractivity contribution in [3.05, 3.63) is 78.9 Å². The van der Waals surface area contributed by atoms with Crippen LogP contribution < -0.4 is 10.3 Å². The van der Waals surface area contributed by atoms with E-state index < -0.39 is 0 Å². The second-order valence-corrected chi connectivity index (χ2v) is 11.2. The SMILES string of the molecule is COc1ccc(-n2c(SCc3ccc(Cl)cc3Cl)nc3sc4c(c3c2=O)CCC(C)C4)cc1. The number of halogens is 2. The summed E-state index contributed by atoms with van der Waals surface area (Å²) in [5, 5.41) is 2.62. The smallest absolute Gasteiger partial charge is 0.267 e. The molecule has 33 heavy (non-hydrogen) atoms. The van der Waals surface area contributed by atoms with Gasteiger partial charge in [0.25, 0.3) is 5.56 Å². The fraction of sp³-hybridized carbons (Fsp3) is 0.280. The first kappa shape index (κ1) is 22.8. The molecule has 1 unspecified atom stereocenters. The number of rotatable bonds is 5. The Bertz CT molecular complexity index is 1400. The molecule has 0 saturated heterocycles. The minimum Gasteiger partial charge on any atom is -0.497 e. The molecule has 0 fully saturated rings. The number of thioether (sulfide) groups is 1. The molecule has 4 nitrogen and oxygen atoms in total. The van der Waals surface area contributed by atoms with Crippen LogP contribution in [0, 0.1) is 5.92 Å². The number of fused-ring (bicyclic) bond motifs is 3. The average molecular weight is 518 g/mol. The molecule has 2 aromatic heterocycles. The van der Waals surface area contributed by atoms with E-state index in [0.29, 0.717) is 26.9 Å². The van der Waals surface area contributed by atoms with Gasteiger partial charge in [0.1, 0.15) is 10.6 Å². The highest BCUT2D eigenvalue weighted by Gasteiger charge is 2.25. The Hall–Kier alpha value is -1.99. The maximum absolute atomic E-state index is 13.9. The first-order chi connectivity index (χ1) is 15.9. The number of aromatic nitrogens is 2. The number of benzene rings is 2. The van der Waals surface area contributed by atoms with Gasteiger partial charge in [-0.25, -0.2) is 4.98 Å². The molecule has 2 aromatic carbocycles. The number of hydrogen-bond donors (Lipinski definition) is 0. The highest BCUT2D eigenvalue weighted by Crippen LogP contribution is 2.37. The number of nitrogens with zero attached hydrogens (tertiary/aromatic N) is 2. The van der Waals surface area contributed by atoms with Gasteiger partial charge in [0.15, 0.2) is 5.16 Å². The van der Waals surface area contributed by atoms with Crippen LogP contribution in [0.4, 0.5) is 0 Å². The molecule has 0 N–H and O–H groups in total. The first-order valence-corrected chi connectivity index (χ1v) is 13.3. The van der Waals surface area contributed by atoms with E-state index in [2.05, 4.69) is 6.92 Å². The second kappa shape index (κ2) is 9.34. The zero-order valence-corrected chi connectivity index (χ0v) is 21.4. The van der Waals surface area contributed by atoms with Crippen LogP contribution in [-0.4, -0.2) is 16.7 Å². The van der Waals surface area contributed by atoms with Gasteiger partial charge in [-0.15, -0.1) is 11.3 Å². The van der Waals surface area contributed by atoms with Crippen LogP contribution in [0.3, 0.4) is 0 Å². The third-order valence-corrected chi connectivity index (χ3v) is 8.72. The molecule has 4 aromatic rings. The summed E-state index contributed by atoms with van der Waals surface area (Å²) in [4.78, 5) is 21.0. The van der Waals surface area contributed by atoms with Gasteiger partial charge in [0, 0.05) is 20.7 Å². The molecular formula is C25H22Cl2N2O2S2. The van der Waals surface area contributed by atoms with E-state index >= 15 is 0 Å². The lowest BCUT2D eigenvalue weighted by Gasteiger charge is -2.18. The first-order valence-electron chi connectivity index (χ1n) is 10.7. The van der Waals surface area contributed by atoms with Crippen molar-refractivity contribution in [2.75, 3.05) is 7.11 Å². The fourth-order valence-corrected chi connectivity index (χ4v) is 7.20. The molecule has 0 radical (unpaired) electrons. The van der Waals surface area contributed by atoms with Crippen LogP contribution in [0.2, 0.25) is 10.0 Å². The van der Waals surface area contributed by atoms with Gasteiger partial charge in [-0.3, -0.25) is 9.36 Å². The van der Waals surface area contributed by atoms with Crippen molar-refractivity contribution in [1.29, 1.82) is 0 Å². The highest BCUT2D eigenvalue weighted by molar-refractivity contribution is 7.98. The molecule has 2 heterocycles. The van der Waals surface area contributed by atoms with Crippen molar-refractivity contribution >= 4 is 56.5 Å². The van der Waals surface area contributed by atoms with Crippen molar-refractivity contribution in [2.45, 2.75) is 37.1 Å². The van der Waals surface area contributed by atoms with E-state index in [9.17, 15) is 4.79 Å². The summed E-state index contributed by atoms with van der Waals surface area (Å²) in [5.74, 6) is 1.95. The Morgan fingerprint density at radius 3 is 2.73 bits per heavy atom. The summed E-state index contributed by atoms with van der Waals surface area (Å²) >= 11 is 15.6. The summed E-state index contributed by atoms with van der Waals surface area (Å²) in [5.41, 5.74) is 2.89. The van der Waals surface area contributed by atoms with Crippen molar-refractivity contribution in [3.63, 3.8) is 0 Å². The topological polar surface area (TPSA) is 44.1 Å². The summed E-state index contributed by atoms with van der Waals surface area (Å²) < 4.78 is 7.03. The largest absolute Gasteiger partial charge is 0.497 e. The summed E-state index contributed by atoms with van der Waals surface area (Å²) in [6.07, 6.45) is 3.05. The number of thiophene rings is 1. The molecular weight excluding hydrogens is 495 g/mol. The number of aryl methyl sites for hydroxylation is 1. The molecule has 0 bridgehead atoms. The lowest BCUT2D eigenvalue weighted by molar-refractivity contribution is 0.414. The third-order valence-electron chi connectivity index (χ3n) is 6.00. The monoisotopic (exact) mass is 516 g/mol. The minimum absolute atomic E-state index is 0.0121. The predicted molar refractivity (Wildman–Crippen MR) is 139 cm³/mol. The molecule has 8 heteroatoms. The van der Waals surface area contributed by atoms with Crippen molar-refractivity contribution in [1.82, 2.24) is 9.55 Å². The third kappa shape index (κ3) is 4.42. The Morgan fingerprint density at radius 1 is 1.21 bits per heavy atom. The summed E-state index contributed by atoms with van der Waals surface area (Å²) in [6.45, 7) is 2.27. The maximum atomic E-state index is 13.9. The van der Waals surface area contributed by atoms with Crippen LogP contribution in [0.5, 0.6) is 5.75 Å². The van der Waals surface area contributed by atoms with Crippen molar-refractivity contribution in [3.8, 4) is 11.4 Å². The van der Waals surface area contributed by atoms with Gasteiger partial charge in [-0.2, -0.15) is 0 Å². The van der Waals surface area contributed by atoms with Gasteiger partial charge in [-0.1, -0.05) is 48.0 Å². The molecule has 1 aliphatic carbocycles. The van der Waals surface area contributed by atoms with Gasteiger partial charge < -0.3 is 4.74 Å². The van der Waals surface area contributed by atoms with Crippen LogP contribution in [-0.2, 0) is 18.6 Å². The zero-order valence-electron chi connectivity index (χ0n) is 18.2. The predicted octanol–water partition coefficient (Wildman–Crippen LogP) is 7.18. The fourth-order valence-electron chi connectivity index (χ4n) is 4.21. The zero-order chi connectivity index (χ0) is 23.1. The van der Waals surface area contributed by atoms with Crippen molar-refractivity contribution in [2.24, 2.45) is 5.92 Å². The summed E-state index contributed by atoms with van der Waals surface area (Å²) in [6, 6.07) is 13.0. The van der Waals surface area contributed by atoms with Crippen LogP contribution >= 0.6 is 46.3 Å². The normalized spacial score (nSPS) is 15.6. The molecule has 1 aliphatic rings. The van der Waals surface area contributed by atoms with E-state index in [-0.39, 0.29) is 5.56 Å². The molecule has 0 amide bonds. The minimum atomic E-state index is -0.0121. The average Bonchev–Trinajstić information content (AvgIpc) is 3.16. The molecule has 0 spiro atoms. The second-order valence-electron chi connectivity index (χ2n) is 8.29. The maximum Gasteiger partial charge on any atom is 0.267 e. The van der Waals surface area contributed by atoms with E-state index in [4.69, 9.17) is 32.9 Å². The highest BCUT2D eigenvalue weighted by atomic mass is 35.5. The van der Waals surface area contributed by atoms with Crippen LogP contribution in [0.15, 0.2) is 52.4 Å². The van der Waals surface area contributed by atoms with Crippen LogP contribution in [0.1, 0.15) is 29.3 Å². The molecule has 0 saturated carbocycles. The standard InChI is InChI=1S/C25H22Cl2N2O2S2/c1-14-3-10-19-21(11-14)33-23-22(19)24(30)29(17-6-8-18(31-2)9-7-17)25(28-23)32-13-15-4-5-16(26)12-20(15)27/h4-9,12,14H,3,10-11,13H2,1-2H3. The lowest BCUT2D eigenvalue weighted by Crippen LogP contribution is -2.22. The van der Waals surface area contributed by atoms with Gasteiger partial charge in [0.05, 0.1) is 18.2 Å². The molecule has 0 aliphatic heterocycles. The molecule has 1 atom stereocenters. The van der Waals surface area contributed by atoms with Crippen molar-refractivity contribution < 1.29 is 4.74 Å². The van der Waals surface area contributed by atoms with E-state index in [1.165, 1.54) is 22.2 Å². The van der Waals surface area contributed by atoms with Gasteiger partial charge >= 0.3 is 0 Å². The number of ether oxygens (including phenoxy) is 1. The van der Waals surface area contributed by atoms with Gasteiger partial charge in [-0.05, 0) is 72.7 Å². The van der Waals surface area contributed by atoms with E-state index in [0.717, 1.165) is 46.5 Å². The molecule has 5 rings (SSSR count). The van der Waals surface area contributed by atoms with E-state index in [1.807, 2.05) is 36.4 Å². The Labute approximate surface area is 210 Å². The Morgan fingerprint density at radius 2 is 2.00 bits per heavy atom. The number of hydrogen-bond acceptors (Lipinski definition) is 5. The lowest BCUT2D eigenvalue weighted by atomic mass is 9.89. The Kier molecular flexibility index (Phi) is 6.45. The Balaban J connectivity index is 1.64. The molecule has 170 valence electrons.